The molecule has 1 aromatic carbocycles. The fourth-order valence-electron chi connectivity index (χ4n) is 4.39. The number of carbonyl (C=O) groups is 4. The van der Waals surface area contributed by atoms with Gasteiger partial charge in [-0.3, -0.25) is 5.32 Å². The molecular weight excluding hydrogens is 574 g/mol. The molecule has 1 aliphatic carbocycles. The molecular formula is C32H49NO11. The minimum atomic E-state index is -2.21. The molecule has 0 radical (unpaired) electrons. The van der Waals surface area contributed by atoms with E-state index in [-0.39, 0.29) is 49.2 Å². The number of aliphatic carboxylic acids is 1. The molecule has 1 aliphatic rings. The van der Waals surface area contributed by atoms with Crippen LogP contribution in [0.5, 0.6) is 11.5 Å². The predicted octanol–water partition coefficient (Wildman–Crippen LogP) is 7.01. The van der Waals surface area contributed by atoms with E-state index in [1.807, 2.05) is 34.6 Å². The molecule has 0 heterocycles. The summed E-state index contributed by atoms with van der Waals surface area (Å²) in [7, 11) is 0. The minimum Gasteiger partial charge on any atom is -0.477 e. The molecule has 12 heteroatoms. The summed E-state index contributed by atoms with van der Waals surface area (Å²) in [4.78, 5) is 50.4. The Morgan fingerprint density at radius 1 is 0.864 bits per heavy atom. The molecule has 0 spiro atoms. The van der Waals surface area contributed by atoms with E-state index in [1.54, 1.807) is 6.92 Å². The van der Waals surface area contributed by atoms with Crippen molar-refractivity contribution in [1.82, 2.24) is 5.32 Å². The highest BCUT2D eigenvalue weighted by molar-refractivity contribution is 5.80. The number of hydrogen-bond acceptors (Lipinski definition) is 11. The van der Waals surface area contributed by atoms with E-state index in [0.717, 1.165) is 19.3 Å². The molecule has 2 N–H and O–H groups in total. The fourth-order valence-corrected chi connectivity index (χ4v) is 4.39. The van der Waals surface area contributed by atoms with Gasteiger partial charge in [0.1, 0.15) is 6.10 Å². The SMILES string of the molecule is CCC(C)N[C@@](Cc1ccc(OC(=O)OCCC(C)C)c(OC(=O)OCCC(C)C)c1)(OC(=O)OC1CCCCC1)C(=O)O. The number of nitrogens with one attached hydrogen (secondary N) is 1. The fraction of sp³-hybridized carbons (Fsp3) is 0.688. The second-order valence-corrected chi connectivity index (χ2v) is 12.0. The lowest BCUT2D eigenvalue weighted by Gasteiger charge is -2.33. The first kappa shape index (κ1) is 36.7. The molecule has 1 fully saturated rings. The Kier molecular flexibility index (Phi) is 15.3. The Balaban J connectivity index is 2.35. The zero-order valence-corrected chi connectivity index (χ0v) is 26.8. The zero-order chi connectivity index (χ0) is 32.7. The van der Waals surface area contributed by atoms with Crippen molar-refractivity contribution in [2.75, 3.05) is 13.2 Å². The molecule has 248 valence electrons. The van der Waals surface area contributed by atoms with Crippen LogP contribution in [0.4, 0.5) is 14.4 Å². The summed E-state index contributed by atoms with van der Waals surface area (Å²) in [5.41, 5.74) is -1.92. The van der Waals surface area contributed by atoms with Gasteiger partial charge < -0.3 is 33.5 Å². The Morgan fingerprint density at radius 2 is 1.43 bits per heavy atom. The predicted molar refractivity (Wildman–Crippen MR) is 161 cm³/mol. The van der Waals surface area contributed by atoms with Gasteiger partial charge in [0.05, 0.1) is 13.2 Å². The maximum Gasteiger partial charge on any atom is 0.513 e. The Labute approximate surface area is 260 Å². The number of carboxylic acid groups (broad SMARTS) is 1. The third-order valence-electron chi connectivity index (χ3n) is 7.19. The van der Waals surface area contributed by atoms with Crippen molar-refractivity contribution in [3.05, 3.63) is 23.8 Å². The molecule has 0 aromatic heterocycles. The molecule has 1 aromatic rings. The summed E-state index contributed by atoms with van der Waals surface area (Å²) in [5.74, 6) is -1.19. The normalized spacial score (nSPS) is 15.6. The minimum absolute atomic E-state index is 0.113. The Morgan fingerprint density at radius 3 is 1.95 bits per heavy atom. The van der Waals surface area contributed by atoms with Crippen LogP contribution in [0.3, 0.4) is 0 Å². The smallest absolute Gasteiger partial charge is 0.477 e. The van der Waals surface area contributed by atoms with Crippen LogP contribution in [0.15, 0.2) is 18.2 Å². The first-order valence-electron chi connectivity index (χ1n) is 15.6. The third-order valence-corrected chi connectivity index (χ3v) is 7.19. The van der Waals surface area contributed by atoms with Gasteiger partial charge in [0.15, 0.2) is 11.5 Å². The molecule has 0 bridgehead atoms. The topological polar surface area (TPSA) is 156 Å². The molecule has 1 unspecified atom stereocenters. The number of rotatable bonds is 16. The highest BCUT2D eigenvalue weighted by Gasteiger charge is 2.45. The molecule has 2 atom stereocenters. The highest BCUT2D eigenvalue weighted by atomic mass is 16.8. The number of hydrogen-bond donors (Lipinski definition) is 2. The third kappa shape index (κ3) is 13.0. The van der Waals surface area contributed by atoms with Gasteiger partial charge >= 0.3 is 24.4 Å². The van der Waals surface area contributed by atoms with Gasteiger partial charge in [0.25, 0.3) is 5.72 Å². The van der Waals surface area contributed by atoms with Crippen LogP contribution in [-0.4, -0.2) is 60.6 Å². The summed E-state index contributed by atoms with van der Waals surface area (Å²) >= 11 is 0. The highest BCUT2D eigenvalue weighted by Crippen LogP contribution is 2.32. The quantitative estimate of drug-likeness (QED) is 0.0842. The monoisotopic (exact) mass is 623 g/mol. The van der Waals surface area contributed by atoms with Crippen molar-refractivity contribution in [3.8, 4) is 11.5 Å². The summed E-state index contributed by atoms with van der Waals surface area (Å²) < 4.78 is 31.9. The van der Waals surface area contributed by atoms with Crippen molar-refractivity contribution in [1.29, 1.82) is 0 Å². The van der Waals surface area contributed by atoms with Gasteiger partial charge in [-0.05, 0) is 81.4 Å². The van der Waals surface area contributed by atoms with E-state index in [4.69, 9.17) is 28.4 Å². The van der Waals surface area contributed by atoms with Crippen LogP contribution in [0.25, 0.3) is 0 Å². The summed E-state index contributed by atoms with van der Waals surface area (Å²) in [5, 5.41) is 13.3. The number of ether oxygens (including phenoxy) is 6. The van der Waals surface area contributed by atoms with E-state index >= 15 is 0 Å². The molecule has 12 nitrogen and oxygen atoms in total. The van der Waals surface area contributed by atoms with E-state index < -0.39 is 30.2 Å². The Hall–Kier alpha value is -3.54. The molecule has 0 saturated heterocycles. The zero-order valence-electron chi connectivity index (χ0n) is 26.8. The summed E-state index contributed by atoms with van der Waals surface area (Å²) in [6.07, 6.45) is 2.18. The maximum atomic E-state index is 12.9. The van der Waals surface area contributed by atoms with Gasteiger partial charge in [-0.2, -0.15) is 0 Å². The van der Waals surface area contributed by atoms with Crippen LogP contribution in [0.1, 0.15) is 98.5 Å². The van der Waals surface area contributed by atoms with Crippen molar-refractivity contribution in [2.24, 2.45) is 11.8 Å². The van der Waals surface area contributed by atoms with Gasteiger partial charge in [-0.15, -0.1) is 0 Å². The van der Waals surface area contributed by atoms with Crippen LogP contribution in [-0.2, 0) is 30.2 Å². The van der Waals surface area contributed by atoms with Crippen LogP contribution in [0, 0.1) is 11.8 Å². The van der Waals surface area contributed by atoms with Gasteiger partial charge in [-0.1, -0.05) is 47.1 Å². The lowest BCUT2D eigenvalue weighted by atomic mass is 9.98. The van der Waals surface area contributed by atoms with Crippen LogP contribution in [0.2, 0.25) is 0 Å². The molecule has 0 amide bonds. The number of carbonyl (C=O) groups excluding carboxylic acids is 3. The van der Waals surface area contributed by atoms with Crippen molar-refractivity contribution in [3.63, 3.8) is 0 Å². The Bertz CT molecular complexity index is 1080. The summed E-state index contributed by atoms with van der Waals surface area (Å²) in [6, 6.07) is 3.78. The van der Waals surface area contributed by atoms with Gasteiger partial charge in [-0.25, -0.2) is 19.2 Å². The second kappa shape index (κ2) is 18.3. The molecule has 44 heavy (non-hydrogen) atoms. The first-order valence-corrected chi connectivity index (χ1v) is 15.6. The number of benzene rings is 1. The van der Waals surface area contributed by atoms with Gasteiger partial charge in [0.2, 0.25) is 0 Å². The second-order valence-electron chi connectivity index (χ2n) is 12.0. The molecule has 2 rings (SSSR count). The average Bonchev–Trinajstić information content (AvgIpc) is 2.94. The lowest BCUT2D eigenvalue weighted by Crippen LogP contribution is -2.59. The molecule has 1 saturated carbocycles. The van der Waals surface area contributed by atoms with E-state index in [0.29, 0.717) is 43.6 Å². The van der Waals surface area contributed by atoms with Crippen LogP contribution < -0.4 is 14.8 Å². The van der Waals surface area contributed by atoms with Crippen LogP contribution >= 0.6 is 0 Å². The van der Waals surface area contributed by atoms with Crippen molar-refractivity contribution in [2.45, 2.75) is 117 Å². The van der Waals surface area contributed by atoms with E-state index in [9.17, 15) is 24.3 Å². The molecule has 0 aliphatic heterocycles. The van der Waals surface area contributed by atoms with Crippen molar-refractivity contribution >= 4 is 24.4 Å². The first-order chi connectivity index (χ1) is 20.8. The average molecular weight is 624 g/mol. The van der Waals surface area contributed by atoms with Gasteiger partial charge in [0, 0.05) is 12.5 Å². The van der Waals surface area contributed by atoms with E-state index in [2.05, 4.69) is 5.32 Å². The maximum absolute atomic E-state index is 12.9. The standard InChI is InChI=1S/C32H49NO11/c1-7-23(6)33-32(28(34)35,44-31(38)41-25-11-9-8-10-12-25)20-24-13-14-26(42-29(36)39-17-15-21(2)3)27(19-24)43-30(37)40-18-16-22(4)5/h13-14,19,21-23,25,33H,7-12,15-18,20H2,1-6H3,(H,34,35)/t23?,32-/m0/s1. The number of carboxylic acids is 1. The largest absolute Gasteiger partial charge is 0.513 e. The summed E-state index contributed by atoms with van der Waals surface area (Å²) in [6.45, 7) is 11.8. The van der Waals surface area contributed by atoms with E-state index in [1.165, 1.54) is 18.2 Å². The lowest BCUT2D eigenvalue weighted by molar-refractivity contribution is -0.168. The van der Waals surface area contributed by atoms with Crippen molar-refractivity contribution < 1.29 is 52.7 Å².